The fourth-order valence-electron chi connectivity index (χ4n) is 1.95. The number of carbonyl (C=O) groups is 1. The summed E-state index contributed by atoms with van der Waals surface area (Å²) in [6.45, 7) is 5.59. The highest BCUT2D eigenvalue weighted by molar-refractivity contribution is 7.86. The van der Waals surface area contributed by atoms with E-state index in [-0.39, 0.29) is 17.6 Å². The maximum Gasteiger partial charge on any atom is 0.375 e. The highest BCUT2D eigenvalue weighted by atomic mass is 32.2. The maximum atomic E-state index is 12.6. The molecule has 0 bridgehead atoms. The molecule has 114 valence electrons. The van der Waals surface area contributed by atoms with Gasteiger partial charge in [0.15, 0.2) is 0 Å². The van der Waals surface area contributed by atoms with Gasteiger partial charge < -0.3 is 13.9 Å². The van der Waals surface area contributed by atoms with Crippen molar-refractivity contribution in [3.05, 3.63) is 24.0 Å². The van der Waals surface area contributed by atoms with Gasteiger partial charge in [0, 0.05) is 10.6 Å². The van der Waals surface area contributed by atoms with Crippen molar-refractivity contribution in [1.82, 2.24) is 0 Å². The number of rotatable bonds is 5. The fourth-order valence-corrected chi connectivity index (χ4v) is 3.10. The van der Waals surface area contributed by atoms with Crippen molar-refractivity contribution in [1.29, 1.82) is 0 Å². The molecule has 1 heterocycles. The van der Waals surface area contributed by atoms with Gasteiger partial charge in [-0.25, -0.2) is 4.79 Å². The van der Waals surface area contributed by atoms with E-state index in [1.54, 1.807) is 32.2 Å². The van der Waals surface area contributed by atoms with Gasteiger partial charge in [-0.2, -0.15) is 0 Å². The maximum absolute atomic E-state index is 12.6. The molecule has 0 saturated carbocycles. The lowest BCUT2D eigenvalue weighted by Gasteiger charge is -2.06. The van der Waals surface area contributed by atoms with Crippen LogP contribution in [-0.4, -0.2) is 29.1 Å². The summed E-state index contributed by atoms with van der Waals surface area (Å²) in [5.41, 5.74) is 0.489. The van der Waals surface area contributed by atoms with Crippen molar-refractivity contribution in [2.45, 2.75) is 30.9 Å². The number of esters is 1. The van der Waals surface area contributed by atoms with E-state index in [2.05, 4.69) is 0 Å². The number of methoxy groups -OCH3 is 1. The molecule has 2 rings (SSSR count). The zero-order chi connectivity index (χ0) is 15.6. The predicted octanol–water partition coefficient (Wildman–Crippen LogP) is 3.13. The van der Waals surface area contributed by atoms with Crippen molar-refractivity contribution >= 4 is 27.7 Å². The van der Waals surface area contributed by atoms with Gasteiger partial charge in [-0.15, -0.1) is 0 Å². The van der Waals surface area contributed by atoms with Gasteiger partial charge in [-0.1, -0.05) is 13.8 Å². The Morgan fingerprint density at radius 2 is 2.10 bits per heavy atom. The Balaban J connectivity index is 2.69. The molecule has 6 heteroatoms. The highest BCUT2D eigenvalue weighted by Crippen LogP contribution is 2.33. The molecule has 1 unspecified atom stereocenters. The Labute approximate surface area is 125 Å². The van der Waals surface area contributed by atoms with Crippen molar-refractivity contribution in [3.63, 3.8) is 0 Å². The van der Waals surface area contributed by atoms with Crippen LogP contribution in [0.4, 0.5) is 0 Å². The van der Waals surface area contributed by atoms with Crippen LogP contribution >= 0.6 is 0 Å². The molecule has 0 N–H and O–H groups in total. The summed E-state index contributed by atoms with van der Waals surface area (Å²) in [6.07, 6.45) is 0. The lowest BCUT2D eigenvalue weighted by atomic mass is 10.2. The average molecular weight is 310 g/mol. The van der Waals surface area contributed by atoms with E-state index in [1.807, 2.05) is 13.8 Å². The van der Waals surface area contributed by atoms with Gasteiger partial charge in [0.1, 0.15) is 16.2 Å². The van der Waals surface area contributed by atoms with Gasteiger partial charge in [0.05, 0.1) is 24.5 Å². The molecule has 0 aliphatic rings. The standard InChI is InChI=1S/C15H18O5S/c1-5-19-15(16)13-14(21(17)9(2)3)11-8-10(18-4)6-7-12(11)20-13/h6-9H,5H2,1-4H3. The summed E-state index contributed by atoms with van der Waals surface area (Å²) in [5.74, 6) is 0.0181. The largest absolute Gasteiger partial charge is 0.497 e. The number of fused-ring (bicyclic) bond motifs is 1. The van der Waals surface area contributed by atoms with E-state index in [4.69, 9.17) is 13.9 Å². The molecule has 1 atom stereocenters. The molecule has 0 spiro atoms. The molecule has 1 aromatic carbocycles. The molecule has 1 aromatic heterocycles. The highest BCUT2D eigenvalue weighted by Gasteiger charge is 2.27. The Hall–Kier alpha value is -1.82. The molecule has 21 heavy (non-hydrogen) atoms. The molecule has 0 aliphatic heterocycles. The van der Waals surface area contributed by atoms with Gasteiger partial charge in [-0.3, -0.25) is 4.21 Å². The van der Waals surface area contributed by atoms with Crippen molar-refractivity contribution in [2.24, 2.45) is 0 Å². The summed E-state index contributed by atoms with van der Waals surface area (Å²) < 4.78 is 28.3. The zero-order valence-corrected chi connectivity index (χ0v) is 13.3. The Kier molecular flexibility index (Phi) is 4.67. The van der Waals surface area contributed by atoms with Crippen molar-refractivity contribution in [3.8, 4) is 5.75 Å². The topological polar surface area (TPSA) is 65.7 Å². The Morgan fingerprint density at radius 1 is 1.38 bits per heavy atom. The van der Waals surface area contributed by atoms with Crippen LogP contribution in [0.15, 0.2) is 27.5 Å². The number of hydrogen-bond donors (Lipinski definition) is 0. The minimum absolute atomic E-state index is 0.00661. The van der Waals surface area contributed by atoms with E-state index < -0.39 is 16.8 Å². The molecule has 0 amide bonds. The van der Waals surface area contributed by atoms with Crippen LogP contribution in [0.3, 0.4) is 0 Å². The van der Waals surface area contributed by atoms with E-state index >= 15 is 0 Å². The monoisotopic (exact) mass is 310 g/mol. The first-order valence-corrected chi connectivity index (χ1v) is 7.89. The Morgan fingerprint density at radius 3 is 2.67 bits per heavy atom. The summed E-state index contributed by atoms with van der Waals surface area (Å²) >= 11 is 0. The van der Waals surface area contributed by atoms with E-state index in [1.165, 1.54) is 0 Å². The molecule has 0 radical (unpaired) electrons. The first-order chi connectivity index (χ1) is 9.99. The summed E-state index contributed by atoms with van der Waals surface area (Å²) in [6, 6.07) is 5.14. The quantitative estimate of drug-likeness (QED) is 0.794. The number of hydrogen-bond acceptors (Lipinski definition) is 5. The lowest BCUT2D eigenvalue weighted by molar-refractivity contribution is 0.0487. The summed E-state index contributed by atoms with van der Waals surface area (Å²) in [7, 11) is 0.174. The third kappa shape index (κ3) is 2.95. The van der Waals surface area contributed by atoms with Crippen LogP contribution in [0.2, 0.25) is 0 Å². The zero-order valence-electron chi connectivity index (χ0n) is 12.5. The molecule has 0 aliphatic carbocycles. The molecule has 2 aromatic rings. The number of carbonyl (C=O) groups excluding carboxylic acids is 1. The SMILES string of the molecule is CCOC(=O)c1oc2ccc(OC)cc2c1S(=O)C(C)C. The molecular weight excluding hydrogens is 292 g/mol. The van der Waals surface area contributed by atoms with Crippen LogP contribution in [0.25, 0.3) is 11.0 Å². The minimum Gasteiger partial charge on any atom is -0.497 e. The second-order valence-corrected chi connectivity index (χ2v) is 6.63. The number of ether oxygens (including phenoxy) is 2. The minimum atomic E-state index is -1.37. The molecule has 5 nitrogen and oxygen atoms in total. The third-order valence-corrected chi connectivity index (χ3v) is 4.60. The van der Waals surface area contributed by atoms with Gasteiger partial charge in [0.2, 0.25) is 5.76 Å². The second-order valence-electron chi connectivity index (χ2n) is 4.69. The average Bonchev–Trinajstić information content (AvgIpc) is 2.84. The first kappa shape index (κ1) is 15.6. The van der Waals surface area contributed by atoms with Crippen LogP contribution < -0.4 is 4.74 Å². The Bertz CT molecular complexity index is 687. The lowest BCUT2D eigenvalue weighted by Crippen LogP contribution is -2.11. The molecular formula is C15H18O5S. The van der Waals surface area contributed by atoms with E-state index in [0.717, 1.165) is 0 Å². The van der Waals surface area contributed by atoms with Gasteiger partial charge in [0.25, 0.3) is 0 Å². The van der Waals surface area contributed by atoms with Crippen LogP contribution in [0.1, 0.15) is 31.3 Å². The summed E-state index contributed by atoms with van der Waals surface area (Å²) in [4.78, 5) is 12.4. The third-order valence-electron chi connectivity index (χ3n) is 2.94. The van der Waals surface area contributed by atoms with E-state index in [0.29, 0.717) is 21.6 Å². The van der Waals surface area contributed by atoms with Crippen LogP contribution in [-0.2, 0) is 15.5 Å². The summed E-state index contributed by atoms with van der Waals surface area (Å²) in [5, 5.41) is 0.467. The fraction of sp³-hybridized carbons (Fsp3) is 0.400. The van der Waals surface area contributed by atoms with Gasteiger partial charge >= 0.3 is 5.97 Å². The van der Waals surface area contributed by atoms with Crippen LogP contribution in [0, 0.1) is 0 Å². The predicted molar refractivity (Wildman–Crippen MR) is 80.3 cm³/mol. The van der Waals surface area contributed by atoms with Crippen molar-refractivity contribution in [2.75, 3.05) is 13.7 Å². The first-order valence-electron chi connectivity index (χ1n) is 6.67. The molecule has 0 saturated heterocycles. The van der Waals surface area contributed by atoms with Gasteiger partial charge in [-0.05, 0) is 25.1 Å². The smallest absolute Gasteiger partial charge is 0.375 e. The number of benzene rings is 1. The molecule has 0 fully saturated rings. The second kappa shape index (κ2) is 6.30. The normalized spacial score (nSPS) is 12.6. The van der Waals surface area contributed by atoms with Crippen molar-refractivity contribution < 1.29 is 22.9 Å². The van der Waals surface area contributed by atoms with E-state index in [9.17, 15) is 9.00 Å². The number of furan rings is 1. The van der Waals surface area contributed by atoms with Crippen LogP contribution in [0.5, 0.6) is 5.75 Å².